The van der Waals surface area contributed by atoms with E-state index in [2.05, 4.69) is 15.5 Å². The molecule has 0 aliphatic carbocycles. The van der Waals surface area contributed by atoms with E-state index in [1.54, 1.807) is 6.07 Å². The first-order valence-corrected chi connectivity index (χ1v) is 11.8. The minimum absolute atomic E-state index is 0.0291. The van der Waals surface area contributed by atoms with Crippen molar-refractivity contribution in [1.29, 1.82) is 0 Å². The molecule has 7 heteroatoms. The van der Waals surface area contributed by atoms with Crippen LogP contribution in [0.3, 0.4) is 0 Å². The van der Waals surface area contributed by atoms with E-state index in [9.17, 15) is 13.6 Å². The van der Waals surface area contributed by atoms with Crippen molar-refractivity contribution in [2.45, 2.75) is 32.0 Å². The highest BCUT2D eigenvalue weighted by molar-refractivity contribution is 5.91. The quantitative estimate of drug-likeness (QED) is 0.426. The monoisotopic (exact) mass is 479 g/mol. The summed E-state index contributed by atoms with van der Waals surface area (Å²) in [5.41, 5.74) is 5.15. The number of ether oxygens (including phenoxy) is 1. The molecule has 3 aromatic rings. The van der Waals surface area contributed by atoms with Gasteiger partial charge in [0.1, 0.15) is 18.2 Å². The van der Waals surface area contributed by atoms with Crippen LogP contribution in [0.4, 0.5) is 14.5 Å². The number of nitrogens with zero attached hydrogens (tertiary/aromatic N) is 1. The van der Waals surface area contributed by atoms with Crippen LogP contribution in [0.2, 0.25) is 0 Å². The van der Waals surface area contributed by atoms with Crippen molar-refractivity contribution in [2.75, 3.05) is 32.1 Å². The predicted octanol–water partition coefficient (Wildman–Crippen LogP) is 4.31. The number of anilines is 1. The Hall–Kier alpha value is -3.13. The standard InChI is InChI=1S/C28H31F2N3O2/c1-35-19-28(34)32-26-10-4-21(5-11-26)17-31-12-13-33-18-22-6-9-25(30)15-23(22)16-27(33)14-20-2-7-24(29)8-3-20/h2-11,15,27,31H,12-14,16-19H2,1H3,(H,32,34). The van der Waals surface area contributed by atoms with Gasteiger partial charge in [0, 0.05) is 45.0 Å². The highest BCUT2D eigenvalue weighted by atomic mass is 19.1. The fraction of sp³-hybridized carbons (Fsp3) is 0.321. The molecular weight excluding hydrogens is 448 g/mol. The lowest BCUT2D eigenvalue weighted by Crippen LogP contribution is -2.44. The normalized spacial score (nSPS) is 15.6. The highest BCUT2D eigenvalue weighted by Crippen LogP contribution is 2.26. The van der Waals surface area contributed by atoms with Gasteiger partial charge in [0.05, 0.1) is 0 Å². The summed E-state index contributed by atoms with van der Waals surface area (Å²) < 4.78 is 32.0. The first-order valence-electron chi connectivity index (χ1n) is 11.8. The molecule has 4 rings (SSSR count). The smallest absolute Gasteiger partial charge is 0.250 e. The second-order valence-electron chi connectivity index (χ2n) is 8.93. The zero-order valence-corrected chi connectivity index (χ0v) is 19.9. The van der Waals surface area contributed by atoms with Gasteiger partial charge in [-0.3, -0.25) is 9.69 Å². The van der Waals surface area contributed by atoms with Crippen LogP contribution in [0.15, 0.2) is 66.7 Å². The van der Waals surface area contributed by atoms with Crippen LogP contribution in [0.1, 0.15) is 22.3 Å². The average Bonchev–Trinajstić information content (AvgIpc) is 2.84. The van der Waals surface area contributed by atoms with Crippen LogP contribution in [0.5, 0.6) is 0 Å². The number of nitrogens with one attached hydrogen (secondary N) is 2. The van der Waals surface area contributed by atoms with E-state index in [4.69, 9.17) is 4.74 Å². The summed E-state index contributed by atoms with van der Waals surface area (Å²) in [7, 11) is 1.49. The lowest BCUT2D eigenvalue weighted by Gasteiger charge is -2.37. The summed E-state index contributed by atoms with van der Waals surface area (Å²) in [5, 5.41) is 6.28. The van der Waals surface area contributed by atoms with Gasteiger partial charge < -0.3 is 15.4 Å². The van der Waals surface area contributed by atoms with Crippen molar-refractivity contribution in [3.05, 3.63) is 101 Å². The van der Waals surface area contributed by atoms with Crippen molar-refractivity contribution < 1.29 is 18.3 Å². The summed E-state index contributed by atoms with van der Waals surface area (Å²) in [6.07, 6.45) is 1.55. The zero-order valence-electron chi connectivity index (χ0n) is 19.9. The van der Waals surface area contributed by atoms with E-state index in [1.807, 2.05) is 42.5 Å². The molecule has 0 spiro atoms. The van der Waals surface area contributed by atoms with Gasteiger partial charge >= 0.3 is 0 Å². The molecule has 0 radical (unpaired) electrons. The van der Waals surface area contributed by atoms with Gasteiger partial charge in [-0.25, -0.2) is 8.78 Å². The minimum Gasteiger partial charge on any atom is -0.375 e. The number of halogens is 2. The molecule has 1 amide bonds. The summed E-state index contributed by atoms with van der Waals surface area (Å²) in [5.74, 6) is -0.626. The molecule has 1 aliphatic rings. The summed E-state index contributed by atoms with van der Waals surface area (Å²) in [6, 6.07) is 19.6. The maximum absolute atomic E-state index is 13.8. The Kier molecular flexibility index (Phi) is 8.58. The number of rotatable bonds is 10. The third-order valence-corrected chi connectivity index (χ3v) is 6.32. The number of hydrogen-bond donors (Lipinski definition) is 2. The van der Waals surface area contributed by atoms with Gasteiger partial charge in [-0.15, -0.1) is 0 Å². The third-order valence-electron chi connectivity index (χ3n) is 6.32. The molecule has 0 saturated heterocycles. The number of fused-ring (bicyclic) bond motifs is 1. The van der Waals surface area contributed by atoms with Crippen molar-refractivity contribution in [2.24, 2.45) is 0 Å². The van der Waals surface area contributed by atoms with E-state index >= 15 is 0 Å². The fourth-order valence-electron chi connectivity index (χ4n) is 4.51. The number of amides is 1. The molecule has 3 aromatic carbocycles. The molecule has 1 unspecified atom stereocenters. The minimum atomic E-state index is -0.240. The van der Waals surface area contributed by atoms with Gasteiger partial charge in [-0.05, 0) is 71.5 Å². The highest BCUT2D eigenvalue weighted by Gasteiger charge is 2.26. The maximum Gasteiger partial charge on any atom is 0.250 e. The molecule has 2 N–H and O–H groups in total. The Morgan fingerprint density at radius 1 is 0.971 bits per heavy atom. The molecule has 0 saturated carbocycles. The Bertz CT molecular complexity index is 1120. The molecule has 0 aromatic heterocycles. The zero-order chi connectivity index (χ0) is 24.6. The molecular formula is C28H31F2N3O2. The van der Waals surface area contributed by atoms with E-state index < -0.39 is 0 Å². The second-order valence-corrected chi connectivity index (χ2v) is 8.93. The van der Waals surface area contributed by atoms with Crippen molar-refractivity contribution in [1.82, 2.24) is 10.2 Å². The molecule has 184 valence electrons. The molecule has 0 bridgehead atoms. The predicted molar refractivity (Wildman–Crippen MR) is 133 cm³/mol. The van der Waals surface area contributed by atoms with Gasteiger partial charge in [0.2, 0.25) is 5.91 Å². The maximum atomic E-state index is 13.8. The van der Waals surface area contributed by atoms with Crippen LogP contribution < -0.4 is 10.6 Å². The van der Waals surface area contributed by atoms with E-state index in [-0.39, 0.29) is 30.2 Å². The summed E-state index contributed by atoms with van der Waals surface area (Å²) >= 11 is 0. The van der Waals surface area contributed by atoms with Gasteiger partial charge in [-0.1, -0.05) is 30.3 Å². The van der Waals surface area contributed by atoms with Crippen molar-refractivity contribution in [3.63, 3.8) is 0 Å². The van der Waals surface area contributed by atoms with Crippen LogP contribution in [-0.4, -0.2) is 43.7 Å². The molecule has 1 heterocycles. The number of carbonyl (C=O) groups is 1. The summed E-state index contributed by atoms with van der Waals surface area (Å²) in [6.45, 7) is 3.14. The first-order chi connectivity index (χ1) is 17.0. The van der Waals surface area contributed by atoms with Crippen molar-refractivity contribution >= 4 is 11.6 Å². The van der Waals surface area contributed by atoms with Crippen molar-refractivity contribution in [3.8, 4) is 0 Å². The Morgan fingerprint density at radius 2 is 1.69 bits per heavy atom. The Labute approximate surface area is 205 Å². The van der Waals surface area contributed by atoms with Crippen LogP contribution >= 0.6 is 0 Å². The van der Waals surface area contributed by atoms with Gasteiger partial charge in [0.15, 0.2) is 0 Å². The first kappa shape index (κ1) is 25.0. The Morgan fingerprint density at radius 3 is 2.43 bits per heavy atom. The van der Waals surface area contributed by atoms with E-state index in [0.717, 1.165) is 60.4 Å². The third kappa shape index (κ3) is 7.18. The number of methoxy groups -OCH3 is 1. The summed E-state index contributed by atoms with van der Waals surface area (Å²) in [4.78, 5) is 14.0. The molecule has 0 fully saturated rings. The lowest BCUT2D eigenvalue weighted by molar-refractivity contribution is -0.119. The number of hydrogen-bond acceptors (Lipinski definition) is 4. The van der Waals surface area contributed by atoms with E-state index in [0.29, 0.717) is 6.54 Å². The molecule has 35 heavy (non-hydrogen) atoms. The van der Waals surface area contributed by atoms with E-state index in [1.165, 1.54) is 25.3 Å². The Balaban J connectivity index is 1.33. The molecule has 1 aliphatic heterocycles. The number of benzene rings is 3. The van der Waals surface area contributed by atoms with Crippen LogP contribution in [0.25, 0.3) is 0 Å². The van der Waals surface area contributed by atoms with Crippen LogP contribution in [0, 0.1) is 11.6 Å². The SMILES string of the molecule is COCC(=O)Nc1ccc(CNCCN2Cc3ccc(F)cc3CC2Cc2ccc(F)cc2)cc1. The number of carbonyl (C=O) groups excluding carboxylic acids is 1. The molecule has 5 nitrogen and oxygen atoms in total. The van der Waals surface area contributed by atoms with Gasteiger partial charge in [-0.2, -0.15) is 0 Å². The largest absolute Gasteiger partial charge is 0.375 e. The molecule has 1 atom stereocenters. The van der Waals surface area contributed by atoms with Crippen LogP contribution in [-0.2, 0) is 35.5 Å². The average molecular weight is 480 g/mol. The van der Waals surface area contributed by atoms with Gasteiger partial charge in [0.25, 0.3) is 0 Å². The second kappa shape index (κ2) is 12.0. The fourth-order valence-corrected chi connectivity index (χ4v) is 4.51. The lowest BCUT2D eigenvalue weighted by atomic mass is 9.90. The topological polar surface area (TPSA) is 53.6 Å².